The van der Waals surface area contributed by atoms with Crippen LogP contribution >= 0.6 is 0 Å². The summed E-state index contributed by atoms with van der Waals surface area (Å²) in [6.07, 6.45) is 5.39. The molecule has 2 aliphatic heterocycles. The van der Waals surface area contributed by atoms with Crippen molar-refractivity contribution >= 4 is 0 Å². The molecule has 4 nitrogen and oxygen atoms in total. The van der Waals surface area contributed by atoms with Gasteiger partial charge in [0, 0.05) is 37.0 Å². The van der Waals surface area contributed by atoms with Crippen molar-refractivity contribution in [3.05, 3.63) is 82.2 Å². The van der Waals surface area contributed by atoms with Crippen molar-refractivity contribution in [3.8, 4) is 23.1 Å². The van der Waals surface area contributed by atoms with Crippen LogP contribution in [0.15, 0.2) is 59.7 Å². The van der Waals surface area contributed by atoms with Crippen LogP contribution in [0.5, 0.6) is 0 Å². The summed E-state index contributed by atoms with van der Waals surface area (Å²) in [6.45, 7) is 4.77. The van der Waals surface area contributed by atoms with Gasteiger partial charge in [0.25, 0.3) is 0 Å². The first-order chi connectivity index (χ1) is 11.7. The maximum Gasteiger partial charge on any atom is 0.190 e. The van der Waals surface area contributed by atoms with Gasteiger partial charge in [-0.15, -0.1) is 0 Å². The number of allylic oxidation sites excluding steroid dienone is 1. The number of fused-ring (bicyclic) bond motifs is 2. The molecular weight excluding hydrogens is 298 g/mol. The van der Waals surface area contributed by atoms with E-state index in [2.05, 4.69) is 28.4 Å². The van der Waals surface area contributed by atoms with Crippen molar-refractivity contribution in [2.45, 2.75) is 19.4 Å². The topological polar surface area (TPSA) is 47.8 Å². The maximum atomic E-state index is 12.4. The fraction of sp³-hybridized carbons (Fsp3) is 0.150. The van der Waals surface area contributed by atoms with Gasteiger partial charge in [-0.3, -0.25) is 4.79 Å². The summed E-state index contributed by atoms with van der Waals surface area (Å²) in [5.41, 5.74) is 3.77. The van der Waals surface area contributed by atoms with E-state index < -0.39 is 0 Å². The van der Waals surface area contributed by atoms with Crippen molar-refractivity contribution in [2.75, 3.05) is 0 Å². The standard InChI is InChI=1S/C20H15N3O/c1-14-5-8-20-22-18-10-15(6-7-16-4-2-3-9-21-16)11-19(24)17(18)13-23(20)12-14/h2-4,9-11,13H,1,5,8,12H2. The summed E-state index contributed by atoms with van der Waals surface area (Å²) >= 11 is 0. The lowest BCUT2D eigenvalue weighted by atomic mass is 10.0. The zero-order valence-electron chi connectivity index (χ0n) is 13.1. The fourth-order valence-corrected chi connectivity index (χ4v) is 2.86. The molecule has 0 saturated heterocycles. The second-order valence-corrected chi connectivity index (χ2v) is 5.91. The Morgan fingerprint density at radius 3 is 2.92 bits per heavy atom. The van der Waals surface area contributed by atoms with Crippen molar-refractivity contribution in [2.24, 2.45) is 0 Å². The lowest BCUT2D eigenvalue weighted by molar-refractivity contribution is 0.607. The van der Waals surface area contributed by atoms with Crippen LogP contribution in [0, 0.1) is 11.8 Å². The van der Waals surface area contributed by atoms with Gasteiger partial charge in [0.15, 0.2) is 5.43 Å². The smallest absolute Gasteiger partial charge is 0.190 e. The molecule has 1 aromatic rings. The fourth-order valence-electron chi connectivity index (χ4n) is 2.86. The van der Waals surface area contributed by atoms with Crippen LogP contribution in [0.25, 0.3) is 11.3 Å². The minimum absolute atomic E-state index is 0.0585. The average Bonchev–Trinajstić information content (AvgIpc) is 2.60. The molecule has 0 unspecified atom stereocenters. The van der Waals surface area contributed by atoms with Gasteiger partial charge in [-0.05, 0) is 30.5 Å². The van der Waals surface area contributed by atoms with Crippen molar-refractivity contribution in [3.63, 3.8) is 0 Å². The Hall–Kier alpha value is -3.19. The molecule has 3 aliphatic rings. The largest absolute Gasteiger partial charge is 0.332 e. The van der Waals surface area contributed by atoms with Gasteiger partial charge in [-0.1, -0.05) is 24.1 Å². The maximum absolute atomic E-state index is 12.4. The molecule has 4 heteroatoms. The van der Waals surface area contributed by atoms with Gasteiger partial charge in [0.2, 0.25) is 0 Å². The highest BCUT2D eigenvalue weighted by Gasteiger charge is 2.17. The number of pyridine rings is 1. The molecule has 0 bridgehead atoms. The van der Waals surface area contributed by atoms with Crippen LogP contribution < -0.4 is 5.43 Å². The molecule has 0 saturated carbocycles. The first-order valence-electron chi connectivity index (χ1n) is 7.83. The van der Waals surface area contributed by atoms with Gasteiger partial charge >= 0.3 is 0 Å². The third-order valence-electron chi connectivity index (χ3n) is 4.08. The highest BCUT2D eigenvalue weighted by Crippen LogP contribution is 2.23. The van der Waals surface area contributed by atoms with Crippen LogP contribution in [-0.4, -0.2) is 14.5 Å². The number of hydrogen-bond acceptors (Lipinski definition) is 3. The molecule has 0 aromatic carbocycles. The lowest BCUT2D eigenvalue weighted by Crippen LogP contribution is -2.20. The summed E-state index contributed by atoms with van der Waals surface area (Å²) in [4.78, 5) is 21.2. The van der Waals surface area contributed by atoms with Crippen LogP contribution in [0.3, 0.4) is 0 Å². The molecule has 3 heterocycles. The summed E-state index contributed by atoms with van der Waals surface area (Å²) in [6, 6.07) is 9.00. The van der Waals surface area contributed by atoms with E-state index in [1.807, 2.05) is 35.0 Å². The Kier molecular flexibility index (Phi) is 3.47. The molecular formula is C20H15N3O. The van der Waals surface area contributed by atoms with Gasteiger partial charge in [-0.2, -0.15) is 0 Å². The van der Waals surface area contributed by atoms with E-state index in [4.69, 9.17) is 0 Å². The number of nitrogens with zero attached hydrogens (tertiary/aromatic N) is 3. The number of benzene rings is 1. The summed E-state index contributed by atoms with van der Waals surface area (Å²) < 4.78 is 2.02. The minimum atomic E-state index is -0.0585. The summed E-state index contributed by atoms with van der Waals surface area (Å²) in [7, 11) is 0. The summed E-state index contributed by atoms with van der Waals surface area (Å²) in [5.74, 6) is 6.97. The first-order valence-corrected chi connectivity index (χ1v) is 7.83. The van der Waals surface area contributed by atoms with E-state index in [1.165, 1.54) is 5.57 Å². The van der Waals surface area contributed by atoms with Crippen molar-refractivity contribution in [1.82, 2.24) is 14.5 Å². The second-order valence-electron chi connectivity index (χ2n) is 5.91. The third-order valence-corrected chi connectivity index (χ3v) is 4.08. The number of aromatic nitrogens is 3. The zero-order chi connectivity index (χ0) is 16.5. The highest BCUT2D eigenvalue weighted by atomic mass is 16.1. The molecule has 0 spiro atoms. The molecule has 1 aliphatic carbocycles. The lowest BCUT2D eigenvalue weighted by Gasteiger charge is -2.22. The van der Waals surface area contributed by atoms with Gasteiger partial charge in [0.05, 0.1) is 11.3 Å². The normalized spacial score (nSPS) is 13.2. The Labute approximate surface area is 139 Å². The van der Waals surface area contributed by atoms with E-state index in [0.29, 0.717) is 22.5 Å². The van der Waals surface area contributed by atoms with Gasteiger partial charge in [-0.25, -0.2) is 9.97 Å². The van der Waals surface area contributed by atoms with Crippen molar-refractivity contribution < 1.29 is 0 Å². The predicted octanol–water partition coefficient (Wildman–Crippen LogP) is 2.65. The molecule has 0 amide bonds. The minimum Gasteiger partial charge on any atom is -0.332 e. The van der Waals surface area contributed by atoms with E-state index >= 15 is 0 Å². The van der Waals surface area contributed by atoms with E-state index in [-0.39, 0.29) is 5.43 Å². The SMILES string of the molecule is C=C1CCc2nc3cc(C#Cc4ccccn4)cc(=O)c-3cn2C1. The molecule has 0 fully saturated rings. The average molecular weight is 313 g/mol. The monoisotopic (exact) mass is 313 g/mol. The van der Waals surface area contributed by atoms with Crippen LogP contribution in [0.4, 0.5) is 0 Å². The molecule has 1 aromatic heterocycles. The number of rotatable bonds is 0. The molecule has 0 N–H and O–H groups in total. The molecule has 4 rings (SSSR count). The van der Waals surface area contributed by atoms with Crippen LogP contribution in [0.2, 0.25) is 0 Å². The molecule has 0 radical (unpaired) electrons. The summed E-state index contributed by atoms with van der Waals surface area (Å²) in [5, 5.41) is 0. The van der Waals surface area contributed by atoms with Crippen LogP contribution in [-0.2, 0) is 13.0 Å². The zero-order valence-corrected chi connectivity index (χ0v) is 13.1. The molecule has 116 valence electrons. The Bertz CT molecular complexity index is 1020. The highest BCUT2D eigenvalue weighted by molar-refractivity contribution is 5.63. The second kappa shape index (κ2) is 5.78. The third kappa shape index (κ3) is 2.72. The van der Waals surface area contributed by atoms with E-state index in [0.717, 1.165) is 25.2 Å². The Morgan fingerprint density at radius 1 is 1.17 bits per heavy atom. The Morgan fingerprint density at radius 2 is 2.08 bits per heavy atom. The van der Waals surface area contributed by atoms with Crippen molar-refractivity contribution in [1.29, 1.82) is 0 Å². The van der Waals surface area contributed by atoms with E-state index in [9.17, 15) is 4.79 Å². The van der Waals surface area contributed by atoms with Gasteiger partial charge < -0.3 is 4.57 Å². The predicted molar refractivity (Wildman–Crippen MR) is 92.8 cm³/mol. The number of hydrogen-bond donors (Lipinski definition) is 0. The quantitative estimate of drug-likeness (QED) is 0.473. The van der Waals surface area contributed by atoms with Gasteiger partial charge in [0.1, 0.15) is 11.5 Å². The molecule has 24 heavy (non-hydrogen) atoms. The Balaban J connectivity index is 1.79. The first kappa shape index (κ1) is 14.4. The molecule has 0 atom stereocenters. The van der Waals surface area contributed by atoms with Crippen LogP contribution in [0.1, 0.15) is 23.5 Å². The number of aryl methyl sites for hydroxylation is 1. The van der Waals surface area contributed by atoms with E-state index in [1.54, 1.807) is 12.3 Å².